The minimum atomic E-state index is -0.502. The van der Waals surface area contributed by atoms with Gasteiger partial charge in [0.05, 0.1) is 0 Å². The minimum Gasteiger partial charge on any atom is -0.325 e. The Balaban J connectivity index is 1.19. The SMILES string of the molecule is O=C(Nc1ccc(SC(C(=O)Nc2ccccc2)c2ccccc2)cc1)/C(=C/c1ccc(-c2ccccc2)cc1)NC(=O)c1ccccc1. The number of thioether (sulfide) groups is 1. The van der Waals surface area contributed by atoms with Gasteiger partial charge >= 0.3 is 0 Å². The summed E-state index contributed by atoms with van der Waals surface area (Å²) in [5, 5.41) is 8.22. The first-order valence-corrected chi connectivity index (χ1v) is 16.6. The predicted molar refractivity (Wildman–Crippen MR) is 199 cm³/mol. The van der Waals surface area contributed by atoms with E-state index in [2.05, 4.69) is 16.0 Å². The van der Waals surface area contributed by atoms with Gasteiger partial charge in [-0.2, -0.15) is 0 Å². The van der Waals surface area contributed by atoms with Crippen LogP contribution in [-0.2, 0) is 9.59 Å². The fourth-order valence-electron chi connectivity index (χ4n) is 5.09. The number of carbonyl (C=O) groups excluding carboxylic acids is 3. The van der Waals surface area contributed by atoms with Crippen LogP contribution in [0.25, 0.3) is 17.2 Å². The number of anilines is 2. The molecule has 49 heavy (non-hydrogen) atoms. The number of hydrogen-bond donors (Lipinski definition) is 3. The van der Waals surface area contributed by atoms with E-state index in [4.69, 9.17) is 0 Å². The van der Waals surface area contributed by atoms with Crippen molar-refractivity contribution in [2.45, 2.75) is 10.1 Å². The molecule has 6 aromatic carbocycles. The largest absolute Gasteiger partial charge is 0.325 e. The highest BCUT2D eigenvalue weighted by molar-refractivity contribution is 8.00. The normalized spacial score (nSPS) is 11.6. The Bertz CT molecular complexity index is 2030. The lowest BCUT2D eigenvalue weighted by atomic mass is 10.0. The molecular formula is C42H33N3O3S. The number of carbonyl (C=O) groups is 3. The van der Waals surface area contributed by atoms with Gasteiger partial charge in [-0.3, -0.25) is 14.4 Å². The van der Waals surface area contributed by atoms with E-state index >= 15 is 0 Å². The Morgan fingerprint density at radius 3 is 1.69 bits per heavy atom. The lowest BCUT2D eigenvalue weighted by molar-refractivity contribution is -0.116. The molecule has 0 fully saturated rings. The van der Waals surface area contributed by atoms with Crippen molar-refractivity contribution in [3.63, 3.8) is 0 Å². The van der Waals surface area contributed by atoms with Gasteiger partial charge in [-0.1, -0.05) is 121 Å². The van der Waals surface area contributed by atoms with Crippen molar-refractivity contribution in [3.05, 3.63) is 192 Å². The topological polar surface area (TPSA) is 87.3 Å². The maximum absolute atomic E-state index is 13.6. The summed E-state index contributed by atoms with van der Waals surface area (Å²) in [5.41, 5.74) is 5.56. The second-order valence-electron chi connectivity index (χ2n) is 11.1. The van der Waals surface area contributed by atoms with Gasteiger partial charge in [0, 0.05) is 21.8 Å². The van der Waals surface area contributed by atoms with E-state index in [9.17, 15) is 14.4 Å². The van der Waals surface area contributed by atoms with Gasteiger partial charge in [-0.25, -0.2) is 0 Å². The van der Waals surface area contributed by atoms with Gasteiger partial charge < -0.3 is 16.0 Å². The third-order valence-electron chi connectivity index (χ3n) is 7.61. The zero-order valence-electron chi connectivity index (χ0n) is 26.5. The van der Waals surface area contributed by atoms with Crippen molar-refractivity contribution in [2.24, 2.45) is 0 Å². The summed E-state index contributed by atoms with van der Waals surface area (Å²) in [6, 6.07) is 52.8. The molecule has 0 spiro atoms. The molecule has 0 aliphatic heterocycles. The van der Waals surface area contributed by atoms with Crippen LogP contribution in [0.1, 0.15) is 26.7 Å². The standard InChI is InChI=1S/C42H33N3O3S/c46-40(34-17-9-3-10-18-34)45-38(29-30-21-23-32(24-22-30)31-13-5-1-6-14-31)41(47)43-36-25-27-37(28-26-36)49-39(33-15-7-2-8-16-33)42(48)44-35-19-11-4-12-20-35/h1-29,39H,(H,43,47)(H,44,48)(H,45,46)/b38-29-. The number of para-hydroxylation sites is 1. The first kappa shape index (κ1) is 32.7. The number of rotatable bonds is 11. The van der Waals surface area contributed by atoms with Crippen molar-refractivity contribution in [3.8, 4) is 11.1 Å². The highest BCUT2D eigenvalue weighted by atomic mass is 32.2. The number of hydrogen-bond acceptors (Lipinski definition) is 4. The third kappa shape index (κ3) is 9.00. The highest BCUT2D eigenvalue weighted by Gasteiger charge is 2.22. The third-order valence-corrected chi connectivity index (χ3v) is 8.87. The molecule has 7 heteroatoms. The van der Waals surface area contributed by atoms with Crippen molar-refractivity contribution in [1.29, 1.82) is 0 Å². The van der Waals surface area contributed by atoms with Crippen LogP contribution in [0.15, 0.2) is 180 Å². The van der Waals surface area contributed by atoms with Crippen LogP contribution in [0.2, 0.25) is 0 Å². The van der Waals surface area contributed by atoms with Crippen LogP contribution in [0, 0.1) is 0 Å². The molecule has 0 aromatic heterocycles. The van der Waals surface area contributed by atoms with E-state index < -0.39 is 17.1 Å². The predicted octanol–water partition coefficient (Wildman–Crippen LogP) is 9.24. The summed E-state index contributed by atoms with van der Waals surface area (Å²) in [6.45, 7) is 0. The quantitative estimate of drug-likeness (QED) is 0.0956. The summed E-state index contributed by atoms with van der Waals surface area (Å²) >= 11 is 1.42. The van der Waals surface area contributed by atoms with Gasteiger partial charge in [-0.15, -0.1) is 11.8 Å². The first-order chi connectivity index (χ1) is 24.0. The maximum Gasteiger partial charge on any atom is 0.272 e. The second-order valence-corrected chi connectivity index (χ2v) is 12.3. The first-order valence-electron chi connectivity index (χ1n) is 15.7. The van der Waals surface area contributed by atoms with Crippen molar-refractivity contribution in [1.82, 2.24) is 5.32 Å². The molecule has 1 atom stereocenters. The van der Waals surface area contributed by atoms with Crippen molar-refractivity contribution >= 4 is 46.9 Å². The van der Waals surface area contributed by atoms with Crippen LogP contribution < -0.4 is 16.0 Å². The summed E-state index contributed by atoms with van der Waals surface area (Å²) in [4.78, 5) is 41.0. The van der Waals surface area contributed by atoms with Gasteiger partial charge in [0.25, 0.3) is 11.8 Å². The Morgan fingerprint density at radius 1 is 0.531 bits per heavy atom. The molecule has 6 rings (SSSR count). The molecule has 0 aliphatic carbocycles. The number of nitrogens with one attached hydrogen (secondary N) is 3. The summed E-state index contributed by atoms with van der Waals surface area (Å²) in [7, 11) is 0. The van der Waals surface area contributed by atoms with Gasteiger partial charge in [0.2, 0.25) is 5.91 Å². The lowest BCUT2D eigenvalue weighted by Crippen LogP contribution is -2.30. The molecule has 6 aromatic rings. The molecule has 3 N–H and O–H groups in total. The van der Waals surface area contributed by atoms with Gasteiger partial charge in [0.15, 0.2) is 0 Å². The molecule has 0 saturated carbocycles. The molecule has 0 aliphatic rings. The number of benzene rings is 6. The fourth-order valence-corrected chi connectivity index (χ4v) is 6.12. The second kappa shape index (κ2) is 16.1. The Morgan fingerprint density at radius 2 is 1.06 bits per heavy atom. The number of amides is 3. The maximum atomic E-state index is 13.6. The van der Waals surface area contributed by atoms with E-state index in [0.29, 0.717) is 11.3 Å². The van der Waals surface area contributed by atoms with E-state index in [-0.39, 0.29) is 11.6 Å². The van der Waals surface area contributed by atoms with Crippen LogP contribution in [0.5, 0.6) is 0 Å². The molecular weight excluding hydrogens is 627 g/mol. The zero-order valence-corrected chi connectivity index (χ0v) is 27.3. The molecule has 240 valence electrons. The molecule has 0 saturated heterocycles. The van der Waals surface area contributed by atoms with E-state index in [1.807, 2.05) is 133 Å². The van der Waals surface area contributed by atoms with Gasteiger partial charge in [-0.05, 0) is 76.9 Å². The summed E-state index contributed by atoms with van der Waals surface area (Å²) in [6.07, 6.45) is 1.66. The van der Waals surface area contributed by atoms with Crippen LogP contribution >= 0.6 is 11.8 Å². The summed E-state index contributed by atoms with van der Waals surface area (Å²) in [5.74, 6) is -1.00. The molecule has 0 bridgehead atoms. The summed E-state index contributed by atoms with van der Waals surface area (Å²) < 4.78 is 0. The monoisotopic (exact) mass is 659 g/mol. The molecule has 3 amide bonds. The van der Waals surface area contributed by atoms with Crippen molar-refractivity contribution < 1.29 is 14.4 Å². The fraction of sp³-hybridized carbons (Fsp3) is 0.0238. The Kier molecular flexibility index (Phi) is 10.8. The Hall–Kier alpha value is -6.18. The molecule has 6 nitrogen and oxygen atoms in total. The smallest absolute Gasteiger partial charge is 0.272 e. The molecule has 0 radical (unpaired) electrons. The van der Waals surface area contributed by atoms with Crippen LogP contribution in [-0.4, -0.2) is 17.7 Å². The Labute approximate surface area is 289 Å². The molecule has 1 unspecified atom stereocenters. The zero-order chi connectivity index (χ0) is 33.8. The average molecular weight is 660 g/mol. The van der Waals surface area contributed by atoms with Crippen LogP contribution in [0.3, 0.4) is 0 Å². The minimum absolute atomic E-state index is 0.0986. The van der Waals surface area contributed by atoms with E-state index in [0.717, 1.165) is 32.8 Å². The molecule has 0 heterocycles. The van der Waals surface area contributed by atoms with Crippen molar-refractivity contribution in [2.75, 3.05) is 10.6 Å². The van der Waals surface area contributed by atoms with E-state index in [1.165, 1.54) is 11.8 Å². The van der Waals surface area contributed by atoms with Gasteiger partial charge in [0.1, 0.15) is 10.9 Å². The lowest BCUT2D eigenvalue weighted by Gasteiger charge is -2.17. The van der Waals surface area contributed by atoms with E-state index in [1.54, 1.807) is 42.5 Å². The average Bonchev–Trinajstić information content (AvgIpc) is 3.16. The van der Waals surface area contributed by atoms with Crippen LogP contribution in [0.4, 0.5) is 11.4 Å². The highest BCUT2D eigenvalue weighted by Crippen LogP contribution is 2.36.